The lowest BCUT2D eigenvalue weighted by molar-refractivity contribution is -0.171. The Morgan fingerprint density at radius 2 is 1.70 bits per heavy atom. The summed E-state index contributed by atoms with van der Waals surface area (Å²) in [6.07, 6.45) is 6.30. The van der Waals surface area contributed by atoms with Gasteiger partial charge in [-0.3, -0.25) is 9.59 Å². The summed E-state index contributed by atoms with van der Waals surface area (Å²) in [6, 6.07) is 0. The summed E-state index contributed by atoms with van der Waals surface area (Å²) in [6.45, 7) is 10.6. The molecule has 4 heteroatoms. The third-order valence-electron chi connectivity index (χ3n) is 4.68. The Bertz CT molecular complexity index is 536. The molecule has 0 bridgehead atoms. The molecule has 0 spiro atoms. The van der Waals surface area contributed by atoms with Crippen LogP contribution >= 0.6 is 0 Å². The first-order chi connectivity index (χ1) is 10.7. The summed E-state index contributed by atoms with van der Waals surface area (Å²) in [5, 5.41) is 0. The lowest BCUT2D eigenvalue weighted by Gasteiger charge is -2.25. The zero-order chi connectivity index (χ0) is 17.3. The zero-order valence-electron chi connectivity index (χ0n) is 14.9. The highest BCUT2D eigenvalue weighted by Gasteiger charge is 2.55. The predicted octanol–water partition coefficient (Wildman–Crippen LogP) is 3.81. The summed E-state index contributed by atoms with van der Waals surface area (Å²) >= 11 is 0. The van der Waals surface area contributed by atoms with Gasteiger partial charge in [0.15, 0.2) is 5.41 Å². The lowest BCUT2D eigenvalue weighted by Crippen LogP contribution is -2.40. The second-order valence-electron chi connectivity index (χ2n) is 7.41. The Morgan fingerprint density at radius 1 is 1.13 bits per heavy atom. The van der Waals surface area contributed by atoms with Gasteiger partial charge in [-0.1, -0.05) is 37.1 Å². The molecule has 0 radical (unpaired) electrons. The summed E-state index contributed by atoms with van der Waals surface area (Å²) in [4.78, 5) is 25.2. The van der Waals surface area contributed by atoms with Gasteiger partial charge in [-0.25, -0.2) is 0 Å². The minimum absolute atomic E-state index is 0.0318. The van der Waals surface area contributed by atoms with Crippen LogP contribution in [0.2, 0.25) is 0 Å². The Labute approximate surface area is 138 Å². The van der Waals surface area contributed by atoms with Crippen molar-refractivity contribution in [1.29, 1.82) is 0 Å². The first-order valence-electron chi connectivity index (χ1n) is 8.47. The van der Waals surface area contributed by atoms with E-state index in [2.05, 4.69) is 32.9 Å². The van der Waals surface area contributed by atoms with Crippen LogP contribution in [0.3, 0.4) is 0 Å². The first kappa shape index (κ1) is 17.8. The molecule has 0 N–H and O–H groups in total. The van der Waals surface area contributed by atoms with E-state index in [9.17, 15) is 9.59 Å². The molecule has 4 nitrogen and oxygen atoms in total. The fourth-order valence-electron chi connectivity index (χ4n) is 3.99. The van der Waals surface area contributed by atoms with Crippen LogP contribution in [0.15, 0.2) is 23.3 Å². The molecule has 1 fully saturated rings. The first-order valence-corrected chi connectivity index (χ1v) is 8.47. The zero-order valence-corrected chi connectivity index (χ0v) is 14.9. The molecule has 0 aliphatic heterocycles. The monoisotopic (exact) mass is 320 g/mol. The molecule has 1 saturated carbocycles. The number of rotatable bonds is 4. The molecular weight excluding hydrogens is 292 g/mol. The Balaban J connectivity index is 2.42. The Hall–Kier alpha value is -1.58. The van der Waals surface area contributed by atoms with E-state index in [0.29, 0.717) is 12.8 Å². The Morgan fingerprint density at radius 3 is 2.22 bits per heavy atom. The van der Waals surface area contributed by atoms with E-state index in [1.807, 2.05) is 0 Å². The van der Waals surface area contributed by atoms with Crippen LogP contribution < -0.4 is 0 Å². The van der Waals surface area contributed by atoms with Crippen molar-refractivity contribution in [2.75, 3.05) is 13.2 Å². The highest BCUT2D eigenvalue weighted by molar-refractivity contribution is 6.01. The molecule has 1 unspecified atom stereocenters. The fraction of sp³-hybridized carbons (Fsp3) is 0.684. The van der Waals surface area contributed by atoms with Crippen molar-refractivity contribution >= 4 is 11.9 Å². The third-order valence-corrected chi connectivity index (χ3v) is 4.68. The molecular formula is C19H28O4. The SMILES string of the molecule is CCOC(=O)C1(C(=O)OCC)CC2=CC(C)(C)CC(C)=CC2C1. The molecule has 0 aromatic carbocycles. The fourth-order valence-corrected chi connectivity index (χ4v) is 3.99. The van der Waals surface area contributed by atoms with Gasteiger partial charge in [0.1, 0.15) is 0 Å². The largest absolute Gasteiger partial charge is 0.465 e. The van der Waals surface area contributed by atoms with E-state index < -0.39 is 17.4 Å². The minimum atomic E-state index is -1.19. The van der Waals surface area contributed by atoms with Crippen molar-refractivity contribution in [2.45, 2.75) is 53.9 Å². The average molecular weight is 320 g/mol. The number of carbonyl (C=O) groups is 2. The van der Waals surface area contributed by atoms with E-state index in [1.165, 1.54) is 5.57 Å². The number of ether oxygens (including phenoxy) is 2. The number of hydrogen-bond acceptors (Lipinski definition) is 4. The minimum Gasteiger partial charge on any atom is -0.465 e. The molecule has 0 aromatic rings. The van der Waals surface area contributed by atoms with Crippen molar-refractivity contribution in [1.82, 2.24) is 0 Å². The molecule has 2 rings (SSSR count). The number of hydrogen-bond donors (Lipinski definition) is 0. The van der Waals surface area contributed by atoms with Gasteiger partial charge in [-0.15, -0.1) is 0 Å². The van der Waals surface area contributed by atoms with Crippen molar-refractivity contribution < 1.29 is 19.1 Å². The van der Waals surface area contributed by atoms with Crippen LogP contribution in [-0.4, -0.2) is 25.2 Å². The second-order valence-corrected chi connectivity index (χ2v) is 7.41. The maximum absolute atomic E-state index is 12.6. The van der Waals surface area contributed by atoms with Crippen LogP contribution in [0.25, 0.3) is 0 Å². The number of esters is 2. The van der Waals surface area contributed by atoms with Crippen molar-refractivity contribution in [3.05, 3.63) is 23.3 Å². The van der Waals surface area contributed by atoms with Crippen LogP contribution in [0, 0.1) is 16.7 Å². The van der Waals surface area contributed by atoms with Gasteiger partial charge < -0.3 is 9.47 Å². The highest BCUT2D eigenvalue weighted by Crippen LogP contribution is 2.51. The van der Waals surface area contributed by atoms with Crippen LogP contribution in [0.4, 0.5) is 0 Å². The van der Waals surface area contributed by atoms with Gasteiger partial charge in [0.2, 0.25) is 0 Å². The van der Waals surface area contributed by atoms with Crippen molar-refractivity contribution in [3.63, 3.8) is 0 Å². The third kappa shape index (κ3) is 3.51. The Kier molecular flexibility index (Phi) is 5.02. The molecule has 23 heavy (non-hydrogen) atoms. The molecule has 0 amide bonds. The van der Waals surface area contributed by atoms with Crippen LogP contribution in [0.5, 0.6) is 0 Å². The summed E-state index contributed by atoms with van der Waals surface area (Å²) in [5.74, 6) is -0.779. The van der Waals surface area contributed by atoms with Gasteiger partial charge in [-0.05, 0) is 51.4 Å². The lowest BCUT2D eigenvalue weighted by atomic mass is 9.82. The number of fused-ring (bicyclic) bond motifs is 1. The van der Waals surface area contributed by atoms with E-state index in [0.717, 1.165) is 12.0 Å². The highest BCUT2D eigenvalue weighted by atomic mass is 16.6. The van der Waals surface area contributed by atoms with Crippen LogP contribution in [-0.2, 0) is 19.1 Å². The maximum Gasteiger partial charge on any atom is 0.323 e. The van der Waals surface area contributed by atoms with E-state index in [1.54, 1.807) is 13.8 Å². The van der Waals surface area contributed by atoms with E-state index in [4.69, 9.17) is 9.47 Å². The topological polar surface area (TPSA) is 52.6 Å². The van der Waals surface area contributed by atoms with Crippen molar-refractivity contribution in [3.8, 4) is 0 Å². The number of allylic oxidation sites excluding steroid dienone is 4. The summed E-state index contributed by atoms with van der Waals surface area (Å²) < 4.78 is 10.5. The maximum atomic E-state index is 12.6. The normalized spacial score (nSPS) is 24.8. The molecule has 0 saturated heterocycles. The molecule has 1 atom stereocenters. The van der Waals surface area contributed by atoms with Crippen molar-refractivity contribution in [2.24, 2.45) is 16.7 Å². The van der Waals surface area contributed by atoms with Gasteiger partial charge in [0, 0.05) is 0 Å². The molecule has 2 aliphatic carbocycles. The van der Waals surface area contributed by atoms with Gasteiger partial charge in [-0.2, -0.15) is 0 Å². The molecule has 128 valence electrons. The van der Waals surface area contributed by atoms with Gasteiger partial charge in [0.05, 0.1) is 13.2 Å². The quantitative estimate of drug-likeness (QED) is 0.449. The van der Waals surface area contributed by atoms with E-state index in [-0.39, 0.29) is 24.5 Å². The predicted molar refractivity (Wildman–Crippen MR) is 88.7 cm³/mol. The molecule has 0 heterocycles. The molecule has 0 aromatic heterocycles. The average Bonchev–Trinajstić information content (AvgIpc) is 2.72. The number of carbonyl (C=O) groups excluding carboxylic acids is 2. The van der Waals surface area contributed by atoms with E-state index >= 15 is 0 Å². The smallest absolute Gasteiger partial charge is 0.323 e. The standard InChI is InChI=1S/C19H28O4/c1-6-22-16(20)19(17(21)23-7-2)11-14-8-13(3)9-18(4,5)10-15(14)12-19/h8,10,14H,6-7,9,11-12H2,1-5H3. The molecule has 2 aliphatic rings. The van der Waals surface area contributed by atoms with Crippen LogP contribution in [0.1, 0.15) is 53.9 Å². The summed E-state index contributed by atoms with van der Waals surface area (Å²) in [7, 11) is 0. The van der Waals surface area contributed by atoms with Gasteiger partial charge >= 0.3 is 11.9 Å². The van der Waals surface area contributed by atoms with Gasteiger partial charge in [0.25, 0.3) is 0 Å². The summed E-state index contributed by atoms with van der Waals surface area (Å²) in [5.41, 5.74) is 1.30. The second kappa shape index (κ2) is 6.50.